The summed E-state index contributed by atoms with van der Waals surface area (Å²) in [7, 11) is 1.69. The molecule has 0 bridgehead atoms. The van der Waals surface area contributed by atoms with Gasteiger partial charge in [-0.05, 0) is 12.8 Å². The lowest BCUT2D eigenvalue weighted by molar-refractivity contribution is 0.420. The normalized spacial score (nSPS) is 17.3. The minimum atomic E-state index is 0.379. The molecule has 5 heteroatoms. The van der Waals surface area contributed by atoms with Crippen molar-refractivity contribution in [3.8, 4) is 6.07 Å². The molecule has 14 heavy (non-hydrogen) atoms. The summed E-state index contributed by atoms with van der Waals surface area (Å²) in [5.41, 5.74) is 6.24. The molecule has 1 aliphatic rings. The number of nitrogens with zero attached hydrogens (tertiary/aromatic N) is 2. The molecule has 0 amide bonds. The molecule has 76 valence electrons. The number of likely N-dealkylation sites (N-methyl/N-ethyl adjacent to an activating group) is 1. The molecule has 0 aromatic heterocycles. The number of hydrogen-bond acceptors (Lipinski definition) is 4. The molecule has 0 aliphatic carbocycles. The van der Waals surface area contributed by atoms with Gasteiger partial charge in [-0.2, -0.15) is 5.26 Å². The van der Waals surface area contributed by atoms with Gasteiger partial charge in [0.05, 0.1) is 0 Å². The van der Waals surface area contributed by atoms with Crippen LogP contribution in [0.15, 0.2) is 11.4 Å². The van der Waals surface area contributed by atoms with Crippen LogP contribution in [-0.2, 0) is 0 Å². The van der Waals surface area contributed by atoms with E-state index in [9.17, 15) is 0 Å². The number of hydrogen-bond donors (Lipinski definition) is 2. The lowest BCUT2D eigenvalue weighted by Crippen LogP contribution is -2.30. The van der Waals surface area contributed by atoms with Crippen molar-refractivity contribution in [2.24, 2.45) is 5.73 Å². The Morgan fingerprint density at radius 3 is 2.50 bits per heavy atom. The van der Waals surface area contributed by atoms with E-state index in [1.54, 1.807) is 7.05 Å². The summed E-state index contributed by atoms with van der Waals surface area (Å²) in [6.07, 6.45) is 2.26. The predicted molar refractivity (Wildman–Crippen MR) is 59.3 cm³/mol. The van der Waals surface area contributed by atoms with E-state index in [1.807, 2.05) is 11.0 Å². The summed E-state index contributed by atoms with van der Waals surface area (Å²) in [4.78, 5) is 2.42. The first-order chi connectivity index (χ1) is 6.70. The third-order valence-corrected chi connectivity index (χ3v) is 2.68. The summed E-state index contributed by atoms with van der Waals surface area (Å²) in [5, 5.41) is 11.7. The maximum absolute atomic E-state index is 8.92. The zero-order chi connectivity index (χ0) is 10.6. The van der Waals surface area contributed by atoms with Crippen LogP contribution in [0.2, 0.25) is 0 Å². The number of nitrogens with one attached hydrogen (secondary N) is 1. The van der Waals surface area contributed by atoms with Gasteiger partial charge < -0.3 is 16.0 Å². The smallest absolute Gasteiger partial charge is 0.126 e. The van der Waals surface area contributed by atoms with Crippen molar-refractivity contribution in [2.75, 3.05) is 20.1 Å². The number of nitrogens with two attached hydrogens (primary N) is 1. The Morgan fingerprint density at radius 1 is 1.50 bits per heavy atom. The molecular formula is C9H14N4S. The maximum atomic E-state index is 8.92. The van der Waals surface area contributed by atoms with Gasteiger partial charge in [0.2, 0.25) is 0 Å². The third-order valence-electron chi connectivity index (χ3n) is 2.27. The van der Waals surface area contributed by atoms with Crippen LogP contribution in [-0.4, -0.2) is 30.0 Å². The fourth-order valence-electron chi connectivity index (χ4n) is 1.47. The fourth-order valence-corrected chi connectivity index (χ4v) is 1.62. The second kappa shape index (κ2) is 4.82. The minimum Gasteiger partial charge on any atom is -0.384 e. The first kappa shape index (κ1) is 10.8. The molecule has 1 aliphatic heterocycles. The predicted octanol–water partition coefficient (Wildman–Crippen LogP) is 0.323. The molecule has 1 saturated heterocycles. The number of likely N-dealkylation sites (tertiary alicyclic amines) is 1. The molecule has 1 rings (SSSR count). The second-order valence-corrected chi connectivity index (χ2v) is 3.55. The van der Waals surface area contributed by atoms with Gasteiger partial charge in [-0.15, -0.1) is 0 Å². The lowest BCUT2D eigenvalue weighted by atomic mass is 10.2. The Morgan fingerprint density at radius 2 is 2.07 bits per heavy atom. The van der Waals surface area contributed by atoms with E-state index in [2.05, 4.69) is 5.32 Å². The molecule has 4 nitrogen and oxygen atoms in total. The number of nitriles is 1. The van der Waals surface area contributed by atoms with Gasteiger partial charge in [-0.3, -0.25) is 0 Å². The molecule has 1 fully saturated rings. The van der Waals surface area contributed by atoms with Crippen molar-refractivity contribution in [1.82, 2.24) is 10.2 Å². The topological polar surface area (TPSA) is 65.1 Å². The highest BCUT2D eigenvalue weighted by atomic mass is 32.1. The van der Waals surface area contributed by atoms with Crippen molar-refractivity contribution in [3.63, 3.8) is 0 Å². The van der Waals surface area contributed by atoms with E-state index in [0.29, 0.717) is 16.4 Å². The van der Waals surface area contributed by atoms with Crippen molar-refractivity contribution in [2.45, 2.75) is 12.8 Å². The van der Waals surface area contributed by atoms with Gasteiger partial charge in [-0.25, -0.2) is 0 Å². The average molecular weight is 210 g/mol. The Balaban J connectivity index is 2.87. The second-order valence-electron chi connectivity index (χ2n) is 3.15. The van der Waals surface area contributed by atoms with E-state index in [1.165, 1.54) is 0 Å². The van der Waals surface area contributed by atoms with Crippen LogP contribution in [0, 0.1) is 11.3 Å². The molecule has 3 N–H and O–H groups in total. The van der Waals surface area contributed by atoms with Crippen LogP contribution in [0.25, 0.3) is 0 Å². The van der Waals surface area contributed by atoms with Crippen LogP contribution in [0.3, 0.4) is 0 Å². The molecular weight excluding hydrogens is 196 g/mol. The summed E-state index contributed by atoms with van der Waals surface area (Å²) >= 11 is 4.99. The van der Waals surface area contributed by atoms with E-state index in [4.69, 9.17) is 23.2 Å². The zero-order valence-corrected chi connectivity index (χ0v) is 9.02. The van der Waals surface area contributed by atoms with E-state index < -0.39 is 0 Å². The highest BCUT2D eigenvalue weighted by Crippen LogP contribution is 2.14. The quantitative estimate of drug-likeness (QED) is 0.390. The van der Waals surface area contributed by atoms with Crippen LogP contribution in [0.1, 0.15) is 12.8 Å². The van der Waals surface area contributed by atoms with Gasteiger partial charge in [-0.1, -0.05) is 12.2 Å². The summed E-state index contributed by atoms with van der Waals surface area (Å²) in [6, 6.07) is 2.04. The Kier molecular flexibility index (Phi) is 3.72. The average Bonchev–Trinajstić information content (AvgIpc) is 2.71. The zero-order valence-electron chi connectivity index (χ0n) is 8.21. The van der Waals surface area contributed by atoms with Gasteiger partial charge in [0.1, 0.15) is 22.5 Å². The minimum absolute atomic E-state index is 0.379. The van der Waals surface area contributed by atoms with E-state index in [0.717, 1.165) is 25.9 Å². The van der Waals surface area contributed by atoms with E-state index in [-0.39, 0.29) is 0 Å². The van der Waals surface area contributed by atoms with Gasteiger partial charge in [0.15, 0.2) is 0 Å². The lowest BCUT2D eigenvalue weighted by Gasteiger charge is -2.19. The van der Waals surface area contributed by atoms with Crippen molar-refractivity contribution >= 4 is 17.2 Å². The first-order valence-corrected chi connectivity index (χ1v) is 4.98. The summed E-state index contributed by atoms with van der Waals surface area (Å²) in [5.74, 6) is 0.504. The van der Waals surface area contributed by atoms with Crippen LogP contribution in [0.4, 0.5) is 0 Å². The monoisotopic (exact) mass is 210 g/mol. The molecule has 1 heterocycles. The third kappa shape index (κ3) is 2.15. The Bertz CT molecular complexity index is 296. The molecule has 0 radical (unpaired) electrons. The van der Waals surface area contributed by atoms with Crippen LogP contribution in [0.5, 0.6) is 0 Å². The molecule has 0 unspecified atom stereocenters. The maximum Gasteiger partial charge on any atom is 0.126 e. The number of thiocarbonyl (C=S) groups is 1. The Hall–Kier alpha value is -1.28. The van der Waals surface area contributed by atoms with Crippen molar-refractivity contribution in [1.29, 1.82) is 5.26 Å². The Labute approximate surface area is 89.4 Å². The molecule has 0 atom stereocenters. The molecule has 0 aromatic carbocycles. The van der Waals surface area contributed by atoms with E-state index >= 15 is 0 Å². The first-order valence-electron chi connectivity index (χ1n) is 4.57. The van der Waals surface area contributed by atoms with Crippen molar-refractivity contribution < 1.29 is 0 Å². The molecule has 0 saturated carbocycles. The largest absolute Gasteiger partial charge is 0.384 e. The standard InChI is InChI=1S/C9H14N4S/c1-12-9(14)7(6-10)8(11)13-4-2-3-5-13/h2-5,11H2,1H3,(H,12,14)/b8-7-. The van der Waals surface area contributed by atoms with Gasteiger partial charge >= 0.3 is 0 Å². The van der Waals surface area contributed by atoms with Gasteiger partial charge in [0.25, 0.3) is 0 Å². The number of rotatable bonds is 2. The summed E-state index contributed by atoms with van der Waals surface area (Å²) < 4.78 is 0. The van der Waals surface area contributed by atoms with Crippen LogP contribution < -0.4 is 11.1 Å². The molecule has 0 spiro atoms. The SMILES string of the molecule is CNC(=S)/C(C#N)=C(/N)N1CCCC1. The molecule has 0 aromatic rings. The highest BCUT2D eigenvalue weighted by molar-refractivity contribution is 7.80. The highest BCUT2D eigenvalue weighted by Gasteiger charge is 2.17. The van der Waals surface area contributed by atoms with Crippen molar-refractivity contribution in [3.05, 3.63) is 11.4 Å². The van der Waals surface area contributed by atoms with Crippen LogP contribution >= 0.6 is 12.2 Å². The van der Waals surface area contributed by atoms with Gasteiger partial charge in [0, 0.05) is 20.1 Å². The fraction of sp³-hybridized carbons (Fsp3) is 0.556. The summed E-state index contributed by atoms with van der Waals surface area (Å²) in [6.45, 7) is 1.84.